The molecule has 0 aliphatic carbocycles. The molecule has 0 spiro atoms. The van der Waals surface area contributed by atoms with Crippen molar-refractivity contribution in [2.45, 2.75) is 13.1 Å². The Hall–Kier alpha value is -4.12. The molecule has 5 nitrogen and oxygen atoms in total. The maximum atomic E-state index is 13.4. The molecule has 31 heavy (non-hydrogen) atoms. The van der Waals surface area contributed by atoms with Crippen LogP contribution in [0.2, 0.25) is 0 Å². The number of nitrogens with one attached hydrogen (secondary N) is 1. The molecule has 0 atom stereocenters. The van der Waals surface area contributed by atoms with Crippen molar-refractivity contribution in [1.29, 1.82) is 0 Å². The molecule has 0 radical (unpaired) electrons. The van der Waals surface area contributed by atoms with Crippen LogP contribution < -0.4 is 5.32 Å². The standard InChI is InChI=1S/C26H22N2O3/c29-25(24-15-8-16-31-24)27-23-14-7-13-22(17-23)26(30)28(18-20-9-3-1-4-10-20)19-21-11-5-2-6-12-21/h1-17H,18-19H2,(H,27,29). The van der Waals surface area contributed by atoms with Gasteiger partial charge >= 0.3 is 0 Å². The molecular formula is C26H22N2O3. The van der Waals surface area contributed by atoms with E-state index in [9.17, 15) is 9.59 Å². The molecule has 1 N–H and O–H groups in total. The molecule has 154 valence electrons. The smallest absolute Gasteiger partial charge is 0.291 e. The van der Waals surface area contributed by atoms with Crippen molar-refractivity contribution in [3.63, 3.8) is 0 Å². The van der Waals surface area contributed by atoms with Gasteiger partial charge < -0.3 is 14.6 Å². The zero-order valence-corrected chi connectivity index (χ0v) is 16.9. The van der Waals surface area contributed by atoms with Crippen LogP contribution >= 0.6 is 0 Å². The molecule has 2 amide bonds. The normalized spacial score (nSPS) is 10.5. The minimum absolute atomic E-state index is 0.109. The summed E-state index contributed by atoms with van der Waals surface area (Å²) in [6.07, 6.45) is 1.44. The molecule has 0 aliphatic rings. The molecule has 0 saturated heterocycles. The molecule has 1 heterocycles. The second-order valence-electron chi connectivity index (χ2n) is 7.14. The number of rotatable bonds is 7. The predicted octanol–water partition coefficient (Wildman–Crippen LogP) is 5.37. The van der Waals surface area contributed by atoms with Crippen molar-refractivity contribution in [1.82, 2.24) is 4.90 Å². The van der Waals surface area contributed by atoms with E-state index >= 15 is 0 Å². The van der Waals surface area contributed by atoms with Gasteiger partial charge in [-0.25, -0.2) is 0 Å². The van der Waals surface area contributed by atoms with Crippen LogP contribution in [0.25, 0.3) is 0 Å². The molecular weight excluding hydrogens is 388 g/mol. The summed E-state index contributed by atoms with van der Waals surface area (Å²) in [4.78, 5) is 27.5. The number of furan rings is 1. The fourth-order valence-corrected chi connectivity index (χ4v) is 3.32. The first-order chi connectivity index (χ1) is 15.2. The summed E-state index contributed by atoms with van der Waals surface area (Å²) in [5.74, 6) is -0.256. The van der Waals surface area contributed by atoms with Gasteiger partial charge in [0, 0.05) is 24.3 Å². The Kier molecular flexibility index (Phi) is 6.24. The van der Waals surface area contributed by atoms with Gasteiger partial charge in [0.15, 0.2) is 5.76 Å². The molecule has 0 saturated carbocycles. The van der Waals surface area contributed by atoms with Crippen molar-refractivity contribution in [3.05, 3.63) is 126 Å². The van der Waals surface area contributed by atoms with Gasteiger partial charge in [-0.3, -0.25) is 9.59 Å². The van der Waals surface area contributed by atoms with Crippen LogP contribution in [0.4, 0.5) is 5.69 Å². The molecule has 0 bridgehead atoms. The Labute approximate surface area is 180 Å². The van der Waals surface area contributed by atoms with Gasteiger partial charge in [-0.1, -0.05) is 66.7 Å². The number of nitrogens with zero attached hydrogens (tertiary/aromatic N) is 1. The number of benzene rings is 3. The molecule has 3 aromatic carbocycles. The molecule has 4 rings (SSSR count). The zero-order chi connectivity index (χ0) is 21.5. The minimum Gasteiger partial charge on any atom is -0.459 e. The van der Waals surface area contributed by atoms with E-state index in [4.69, 9.17) is 4.42 Å². The van der Waals surface area contributed by atoms with Gasteiger partial charge in [0.25, 0.3) is 11.8 Å². The first-order valence-corrected chi connectivity index (χ1v) is 10.0. The topological polar surface area (TPSA) is 62.6 Å². The first-order valence-electron chi connectivity index (χ1n) is 10.0. The lowest BCUT2D eigenvalue weighted by atomic mass is 10.1. The Morgan fingerprint density at radius 3 is 1.97 bits per heavy atom. The minimum atomic E-state index is -0.361. The highest BCUT2D eigenvalue weighted by Gasteiger charge is 2.18. The van der Waals surface area contributed by atoms with Gasteiger partial charge in [0.2, 0.25) is 0 Å². The third kappa shape index (κ3) is 5.28. The highest BCUT2D eigenvalue weighted by Crippen LogP contribution is 2.18. The van der Waals surface area contributed by atoms with E-state index < -0.39 is 0 Å². The summed E-state index contributed by atoms with van der Waals surface area (Å²) in [5, 5.41) is 2.77. The predicted molar refractivity (Wildman–Crippen MR) is 120 cm³/mol. The van der Waals surface area contributed by atoms with E-state index in [1.807, 2.05) is 60.7 Å². The number of carbonyl (C=O) groups is 2. The van der Waals surface area contributed by atoms with Crippen LogP contribution in [-0.4, -0.2) is 16.7 Å². The fraction of sp³-hybridized carbons (Fsp3) is 0.0769. The number of anilines is 1. The molecule has 5 heteroatoms. The third-order valence-corrected chi connectivity index (χ3v) is 4.83. The van der Waals surface area contributed by atoms with Crippen molar-refractivity contribution < 1.29 is 14.0 Å². The van der Waals surface area contributed by atoms with Crippen LogP contribution in [0.5, 0.6) is 0 Å². The molecule has 4 aromatic rings. The van der Waals surface area contributed by atoms with Gasteiger partial charge in [0.05, 0.1) is 6.26 Å². The fourth-order valence-electron chi connectivity index (χ4n) is 3.32. The van der Waals surface area contributed by atoms with Crippen LogP contribution in [0.1, 0.15) is 32.0 Å². The Morgan fingerprint density at radius 2 is 1.39 bits per heavy atom. The van der Waals surface area contributed by atoms with Gasteiger partial charge in [-0.2, -0.15) is 0 Å². The maximum Gasteiger partial charge on any atom is 0.291 e. The SMILES string of the molecule is O=C(Nc1cccc(C(=O)N(Cc2ccccc2)Cc2ccccc2)c1)c1ccco1. The van der Waals surface area contributed by atoms with E-state index in [1.54, 1.807) is 41.3 Å². The van der Waals surface area contributed by atoms with Crippen molar-refractivity contribution in [2.75, 3.05) is 5.32 Å². The van der Waals surface area contributed by atoms with Crippen molar-refractivity contribution in [2.24, 2.45) is 0 Å². The molecule has 0 fully saturated rings. The lowest BCUT2D eigenvalue weighted by Gasteiger charge is -2.23. The van der Waals surface area contributed by atoms with E-state index in [-0.39, 0.29) is 17.6 Å². The number of amides is 2. The van der Waals surface area contributed by atoms with Crippen LogP contribution in [0, 0.1) is 0 Å². The Morgan fingerprint density at radius 1 is 0.742 bits per heavy atom. The number of carbonyl (C=O) groups excluding carboxylic acids is 2. The Bertz CT molecular complexity index is 1100. The Balaban J connectivity index is 1.56. The quantitative estimate of drug-likeness (QED) is 0.445. The van der Waals surface area contributed by atoms with Gasteiger partial charge in [0.1, 0.15) is 0 Å². The van der Waals surface area contributed by atoms with Crippen LogP contribution in [0.15, 0.2) is 108 Å². The van der Waals surface area contributed by atoms with Crippen LogP contribution in [-0.2, 0) is 13.1 Å². The summed E-state index contributed by atoms with van der Waals surface area (Å²) >= 11 is 0. The van der Waals surface area contributed by atoms with E-state index in [0.717, 1.165) is 11.1 Å². The number of hydrogen-bond acceptors (Lipinski definition) is 3. The molecule has 0 aliphatic heterocycles. The second kappa shape index (κ2) is 9.59. The van der Waals surface area contributed by atoms with E-state index in [2.05, 4.69) is 5.32 Å². The number of hydrogen-bond donors (Lipinski definition) is 1. The van der Waals surface area contributed by atoms with E-state index in [1.165, 1.54) is 6.26 Å². The first kappa shape index (κ1) is 20.2. The lowest BCUT2D eigenvalue weighted by Crippen LogP contribution is -2.30. The zero-order valence-electron chi connectivity index (χ0n) is 16.9. The monoisotopic (exact) mass is 410 g/mol. The average molecular weight is 410 g/mol. The maximum absolute atomic E-state index is 13.4. The highest BCUT2D eigenvalue weighted by atomic mass is 16.3. The van der Waals surface area contributed by atoms with Gasteiger partial charge in [-0.05, 0) is 41.5 Å². The van der Waals surface area contributed by atoms with Crippen LogP contribution in [0.3, 0.4) is 0 Å². The summed E-state index contributed by atoms with van der Waals surface area (Å²) in [6, 6.07) is 30.0. The van der Waals surface area contributed by atoms with Crippen molar-refractivity contribution in [3.8, 4) is 0 Å². The van der Waals surface area contributed by atoms with Gasteiger partial charge in [-0.15, -0.1) is 0 Å². The largest absolute Gasteiger partial charge is 0.459 e. The average Bonchev–Trinajstić information content (AvgIpc) is 3.35. The lowest BCUT2D eigenvalue weighted by molar-refractivity contribution is 0.0729. The summed E-state index contributed by atoms with van der Waals surface area (Å²) in [6.45, 7) is 0.967. The third-order valence-electron chi connectivity index (χ3n) is 4.83. The summed E-state index contributed by atoms with van der Waals surface area (Å²) in [7, 11) is 0. The highest BCUT2D eigenvalue weighted by molar-refractivity contribution is 6.03. The second-order valence-corrected chi connectivity index (χ2v) is 7.14. The molecule has 1 aromatic heterocycles. The summed E-state index contributed by atoms with van der Waals surface area (Å²) in [5.41, 5.74) is 3.14. The molecule has 0 unspecified atom stereocenters. The van der Waals surface area contributed by atoms with Crippen molar-refractivity contribution >= 4 is 17.5 Å². The van der Waals surface area contributed by atoms with E-state index in [0.29, 0.717) is 24.3 Å². The summed E-state index contributed by atoms with van der Waals surface area (Å²) < 4.78 is 5.13.